The van der Waals surface area contributed by atoms with Crippen molar-refractivity contribution in [3.05, 3.63) is 24.0 Å². The van der Waals surface area contributed by atoms with Gasteiger partial charge in [-0.3, -0.25) is 4.79 Å². The van der Waals surface area contributed by atoms with Crippen LogP contribution >= 0.6 is 0 Å². The zero-order valence-corrected chi connectivity index (χ0v) is 10.5. The number of aromatic nitrogens is 1. The van der Waals surface area contributed by atoms with E-state index in [0.717, 1.165) is 5.69 Å². The highest BCUT2D eigenvalue weighted by atomic mass is 16.4. The first-order valence-corrected chi connectivity index (χ1v) is 6.04. The summed E-state index contributed by atoms with van der Waals surface area (Å²) < 4.78 is 0. The van der Waals surface area contributed by atoms with Gasteiger partial charge < -0.3 is 20.6 Å². The van der Waals surface area contributed by atoms with E-state index >= 15 is 0 Å². The smallest absolute Gasteiger partial charge is 0.354 e. The fourth-order valence-corrected chi connectivity index (χ4v) is 2.08. The lowest BCUT2D eigenvalue weighted by atomic mass is 10.2. The van der Waals surface area contributed by atoms with E-state index in [1.54, 1.807) is 17.0 Å². The number of rotatable bonds is 3. The van der Waals surface area contributed by atoms with Gasteiger partial charge in [-0.1, -0.05) is 0 Å². The normalized spacial score (nSPS) is 15.4. The van der Waals surface area contributed by atoms with E-state index in [1.807, 2.05) is 4.90 Å². The average Bonchev–Trinajstić information content (AvgIpc) is 2.46. The molecule has 102 valence electrons. The molecule has 0 saturated carbocycles. The first kappa shape index (κ1) is 13.3. The Kier molecular flexibility index (Phi) is 3.96. The Balaban J connectivity index is 2.03. The quantitative estimate of drug-likeness (QED) is 0.755. The van der Waals surface area contributed by atoms with Gasteiger partial charge in [0.05, 0.1) is 6.54 Å². The van der Waals surface area contributed by atoms with E-state index in [2.05, 4.69) is 4.98 Å². The van der Waals surface area contributed by atoms with E-state index < -0.39 is 5.97 Å². The van der Waals surface area contributed by atoms with Crippen LogP contribution in [0, 0.1) is 0 Å². The summed E-state index contributed by atoms with van der Waals surface area (Å²) in [4.78, 5) is 29.9. The summed E-state index contributed by atoms with van der Waals surface area (Å²) in [5.74, 6) is -1.10. The highest BCUT2D eigenvalue weighted by Gasteiger charge is 2.20. The summed E-state index contributed by atoms with van der Waals surface area (Å²) in [6.07, 6.45) is 1.48. The highest BCUT2D eigenvalue weighted by Crippen LogP contribution is 2.16. The average molecular weight is 264 g/mol. The standard InChI is InChI=1S/C12H16N4O3/c13-8-11(17)16-5-3-15(4-6-16)9-1-2-14-10(7-9)12(18)19/h1-2,7H,3-6,8,13H2,(H,18,19). The number of carbonyl (C=O) groups is 2. The number of amides is 1. The van der Waals surface area contributed by atoms with Gasteiger partial charge in [-0.2, -0.15) is 0 Å². The van der Waals surface area contributed by atoms with Crippen molar-refractivity contribution in [2.45, 2.75) is 0 Å². The van der Waals surface area contributed by atoms with Crippen molar-refractivity contribution in [1.29, 1.82) is 0 Å². The zero-order valence-electron chi connectivity index (χ0n) is 10.5. The lowest BCUT2D eigenvalue weighted by molar-refractivity contribution is -0.129. The van der Waals surface area contributed by atoms with Crippen LogP contribution in [0.5, 0.6) is 0 Å². The van der Waals surface area contributed by atoms with Gasteiger partial charge in [0.15, 0.2) is 0 Å². The largest absolute Gasteiger partial charge is 0.477 e. The minimum absolute atomic E-state index is 0.0259. The van der Waals surface area contributed by atoms with E-state index in [4.69, 9.17) is 10.8 Å². The fourth-order valence-electron chi connectivity index (χ4n) is 2.08. The summed E-state index contributed by atoms with van der Waals surface area (Å²) in [6, 6.07) is 3.32. The van der Waals surface area contributed by atoms with Gasteiger partial charge in [-0.25, -0.2) is 9.78 Å². The van der Waals surface area contributed by atoms with Crippen molar-refractivity contribution >= 4 is 17.6 Å². The minimum Gasteiger partial charge on any atom is -0.477 e. The lowest BCUT2D eigenvalue weighted by Gasteiger charge is -2.36. The number of hydrogen-bond acceptors (Lipinski definition) is 5. The Morgan fingerprint density at radius 1 is 1.32 bits per heavy atom. The van der Waals surface area contributed by atoms with Crippen molar-refractivity contribution in [2.24, 2.45) is 5.73 Å². The summed E-state index contributed by atoms with van der Waals surface area (Å²) in [5.41, 5.74) is 6.16. The number of pyridine rings is 1. The first-order valence-electron chi connectivity index (χ1n) is 6.04. The van der Waals surface area contributed by atoms with Crippen LogP contribution in [0.1, 0.15) is 10.5 Å². The molecular formula is C12H16N4O3. The monoisotopic (exact) mass is 264 g/mol. The van der Waals surface area contributed by atoms with E-state index in [1.165, 1.54) is 6.20 Å². The van der Waals surface area contributed by atoms with Gasteiger partial charge in [-0.05, 0) is 12.1 Å². The van der Waals surface area contributed by atoms with Crippen LogP contribution in [0.3, 0.4) is 0 Å². The molecule has 0 aromatic carbocycles. The molecule has 1 aromatic rings. The van der Waals surface area contributed by atoms with Crippen LogP contribution in [0.25, 0.3) is 0 Å². The number of hydrogen-bond donors (Lipinski definition) is 2. The second kappa shape index (κ2) is 5.66. The minimum atomic E-state index is -1.04. The SMILES string of the molecule is NCC(=O)N1CCN(c2ccnc(C(=O)O)c2)CC1. The molecule has 7 nitrogen and oxygen atoms in total. The maximum absolute atomic E-state index is 11.4. The molecule has 3 N–H and O–H groups in total. The maximum Gasteiger partial charge on any atom is 0.354 e. The van der Waals surface area contributed by atoms with Crippen LogP contribution < -0.4 is 10.6 Å². The van der Waals surface area contributed by atoms with Crippen molar-refractivity contribution in [3.63, 3.8) is 0 Å². The Hall–Kier alpha value is -2.15. The van der Waals surface area contributed by atoms with E-state index in [0.29, 0.717) is 26.2 Å². The zero-order chi connectivity index (χ0) is 13.8. The Morgan fingerprint density at radius 3 is 2.58 bits per heavy atom. The Labute approximate surface area is 110 Å². The Bertz CT molecular complexity index is 484. The van der Waals surface area contributed by atoms with Crippen molar-refractivity contribution in [1.82, 2.24) is 9.88 Å². The third-order valence-electron chi connectivity index (χ3n) is 3.13. The van der Waals surface area contributed by atoms with Crippen LogP contribution in [0.4, 0.5) is 5.69 Å². The Morgan fingerprint density at radius 2 is 2.00 bits per heavy atom. The third-order valence-corrected chi connectivity index (χ3v) is 3.13. The number of aromatic carboxylic acids is 1. The highest BCUT2D eigenvalue weighted by molar-refractivity contribution is 5.86. The molecule has 1 aromatic heterocycles. The number of carbonyl (C=O) groups excluding carboxylic acids is 1. The molecule has 1 fully saturated rings. The van der Waals surface area contributed by atoms with Crippen molar-refractivity contribution < 1.29 is 14.7 Å². The molecule has 7 heteroatoms. The predicted molar refractivity (Wildman–Crippen MR) is 69.0 cm³/mol. The molecular weight excluding hydrogens is 248 g/mol. The third kappa shape index (κ3) is 3.00. The number of nitrogens with two attached hydrogens (primary N) is 1. The summed E-state index contributed by atoms with van der Waals surface area (Å²) in [6.45, 7) is 2.55. The van der Waals surface area contributed by atoms with Gasteiger partial charge in [0.2, 0.25) is 5.91 Å². The topological polar surface area (TPSA) is 99.8 Å². The molecule has 1 saturated heterocycles. The molecule has 0 atom stereocenters. The van der Waals surface area contributed by atoms with Gasteiger partial charge in [0, 0.05) is 38.1 Å². The van der Waals surface area contributed by atoms with Gasteiger partial charge in [0.25, 0.3) is 0 Å². The number of carboxylic acid groups (broad SMARTS) is 1. The maximum atomic E-state index is 11.4. The molecule has 2 heterocycles. The molecule has 1 aliphatic rings. The molecule has 0 unspecified atom stereocenters. The summed E-state index contributed by atoms with van der Waals surface area (Å²) in [5, 5.41) is 8.91. The molecule has 0 radical (unpaired) electrons. The van der Waals surface area contributed by atoms with Crippen LogP contribution in [-0.4, -0.2) is 59.6 Å². The van der Waals surface area contributed by atoms with Gasteiger partial charge >= 0.3 is 5.97 Å². The van der Waals surface area contributed by atoms with Crippen LogP contribution in [0.2, 0.25) is 0 Å². The second-order valence-corrected chi connectivity index (χ2v) is 4.28. The van der Waals surface area contributed by atoms with Gasteiger partial charge in [-0.15, -0.1) is 0 Å². The van der Waals surface area contributed by atoms with Crippen LogP contribution in [0.15, 0.2) is 18.3 Å². The van der Waals surface area contributed by atoms with Gasteiger partial charge in [0.1, 0.15) is 5.69 Å². The number of nitrogens with zero attached hydrogens (tertiary/aromatic N) is 3. The summed E-state index contributed by atoms with van der Waals surface area (Å²) in [7, 11) is 0. The second-order valence-electron chi connectivity index (χ2n) is 4.28. The van der Waals surface area contributed by atoms with E-state index in [9.17, 15) is 9.59 Å². The van der Waals surface area contributed by atoms with Crippen molar-refractivity contribution in [3.8, 4) is 0 Å². The molecule has 1 amide bonds. The van der Waals surface area contributed by atoms with Crippen molar-refractivity contribution in [2.75, 3.05) is 37.6 Å². The number of piperazine rings is 1. The number of carboxylic acids is 1. The molecule has 0 bridgehead atoms. The predicted octanol–water partition coefficient (Wildman–Crippen LogP) is -0.613. The van der Waals surface area contributed by atoms with E-state index in [-0.39, 0.29) is 18.1 Å². The summed E-state index contributed by atoms with van der Waals surface area (Å²) >= 11 is 0. The lowest BCUT2D eigenvalue weighted by Crippen LogP contribution is -2.50. The van der Waals surface area contributed by atoms with Crippen LogP contribution in [-0.2, 0) is 4.79 Å². The first-order chi connectivity index (χ1) is 9.11. The molecule has 0 aliphatic carbocycles. The molecule has 0 spiro atoms. The molecule has 1 aliphatic heterocycles. The number of anilines is 1. The molecule has 2 rings (SSSR count). The fraction of sp³-hybridized carbons (Fsp3) is 0.417. The molecule has 19 heavy (non-hydrogen) atoms.